The van der Waals surface area contributed by atoms with E-state index in [0.717, 1.165) is 16.7 Å². The summed E-state index contributed by atoms with van der Waals surface area (Å²) in [5.74, 6) is -1.97. The Kier molecular flexibility index (Phi) is 7.57. The Bertz CT molecular complexity index is 817. The molecule has 1 aromatic rings. The van der Waals surface area contributed by atoms with Crippen LogP contribution in [0.1, 0.15) is 41.2 Å². The lowest BCUT2D eigenvalue weighted by atomic mass is 9.95. The van der Waals surface area contributed by atoms with E-state index in [1.165, 1.54) is 18.9 Å². The Labute approximate surface area is 161 Å². The van der Waals surface area contributed by atoms with Crippen molar-refractivity contribution in [3.63, 3.8) is 0 Å². The number of aliphatic carboxylic acids is 1. The van der Waals surface area contributed by atoms with Gasteiger partial charge in [-0.3, -0.25) is 9.59 Å². The van der Waals surface area contributed by atoms with Gasteiger partial charge in [0, 0.05) is 26.6 Å². The molecule has 1 atom stereocenters. The van der Waals surface area contributed by atoms with Gasteiger partial charge in [0.15, 0.2) is 0 Å². The molecule has 1 rings (SSSR count). The van der Waals surface area contributed by atoms with Crippen molar-refractivity contribution in [3.05, 3.63) is 27.8 Å². The highest BCUT2D eigenvalue weighted by atomic mass is 32.2. The number of sulfonamides is 1. The molecule has 8 heteroatoms. The molecule has 0 aliphatic heterocycles. The van der Waals surface area contributed by atoms with Crippen LogP contribution < -0.4 is 4.72 Å². The van der Waals surface area contributed by atoms with Crippen LogP contribution in [0, 0.1) is 40.5 Å². The van der Waals surface area contributed by atoms with Crippen LogP contribution in [-0.2, 0) is 19.6 Å². The summed E-state index contributed by atoms with van der Waals surface area (Å²) in [5.41, 5.74) is 4.38. The van der Waals surface area contributed by atoms with Gasteiger partial charge in [-0.1, -0.05) is 6.92 Å². The molecule has 0 aromatic heterocycles. The second kappa shape index (κ2) is 8.84. The number of rotatable bonds is 8. The first kappa shape index (κ1) is 23.1. The summed E-state index contributed by atoms with van der Waals surface area (Å²) in [6.07, 6.45) is -0.0377. The minimum Gasteiger partial charge on any atom is -0.481 e. The van der Waals surface area contributed by atoms with Gasteiger partial charge in [-0.2, -0.15) is 0 Å². The Morgan fingerprint density at radius 1 is 1.00 bits per heavy atom. The third-order valence-electron chi connectivity index (χ3n) is 5.23. The van der Waals surface area contributed by atoms with Crippen LogP contribution in [0.3, 0.4) is 0 Å². The first-order valence-electron chi connectivity index (χ1n) is 8.84. The van der Waals surface area contributed by atoms with Gasteiger partial charge in [0.05, 0.1) is 10.8 Å². The van der Waals surface area contributed by atoms with Crippen LogP contribution in [0.5, 0.6) is 0 Å². The van der Waals surface area contributed by atoms with Crippen LogP contribution in [0.2, 0.25) is 0 Å². The molecule has 27 heavy (non-hydrogen) atoms. The predicted octanol–water partition coefficient (Wildman–Crippen LogP) is 2.08. The molecule has 0 radical (unpaired) electrons. The highest BCUT2D eigenvalue weighted by Crippen LogP contribution is 2.29. The Morgan fingerprint density at radius 2 is 1.44 bits per heavy atom. The molecule has 1 unspecified atom stereocenters. The van der Waals surface area contributed by atoms with Crippen molar-refractivity contribution in [2.45, 2.75) is 52.9 Å². The van der Waals surface area contributed by atoms with Gasteiger partial charge in [-0.05, 0) is 62.4 Å². The number of carboxylic acid groups (broad SMARTS) is 1. The molecule has 0 spiro atoms. The Balaban J connectivity index is 2.87. The molecule has 0 bridgehead atoms. The number of hydrogen-bond acceptors (Lipinski definition) is 4. The molecule has 0 saturated heterocycles. The average Bonchev–Trinajstić information content (AvgIpc) is 2.57. The van der Waals surface area contributed by atoms with Crippen molar-refractivity contribution in [3.8, 4) is 0 Å². The molecule has 0 fully saturated rings. The number of benzene rings is 1. The van der Waals surface area contributed by atoms with E-state index in [2.05, 4.69) is 4.72 Å². The Morgan fingerprint density at radius 3 is 1.89 bits per heavy atom. The fourth-order valence-electron chi connectivity index (χ4n) is 3.01. The number of carboxylic acids is 1. The largest absolute Gasteiger partial charge is 0.481 e. The molecule has 0 heterocycles. The number of carbonyl (C=O) groups excluding carboxylic acids is 1. The van der Waals surface area contributed by atoms with Gasteiger partial charge >= 0.3 is 5.97 Å². The first-order valence-corrected chi connectivity index (χ1v) is 10.3. The number of amides is 1. The normalized spacial score (nSPS) is 12.7. The van der Waals surface area contributed by atoms with E-state index >= 15 is 0 Å². The van der Waals surface area contributed by atoms with Crippen molar-refractivity contribution in [1.82, 2.24) is 9.62 Å². The molecular weight excluding hydrogens is 368 g/mol. The van der Waals surface area contributed by atoms with Gasteiger partial charge in [-0.15, -0.1) is 0 Å². The van der Waals surface area contributed by atoms with Crippen LogP contribution in [0.15, 0.2) is 4.90 Å². The van der Waals surface area contributed by atoms with Gasteiger partial charge in [-0.25, -0.2) is 13.1 Å². The van der Waals surface area contributed by atoms with Crippen LogP contribution >= 0.6 is 0 Å². The van der Waals surface area contributed by atoms with Gasteiger partial charge in [0.25, 0.3) is 0 Å². The standard InChI is InChI=1S/C19H30N2O5S/c1-11(19(23)24)10-21(7)17(22)8-9-20-27(25,26)18-15(5)13(3)12(2)14(4)16(18)6/h11,20H,8-10H2,1-7H3,(H,23,24). The zero-order valence-electron chi connectivity index (χ0n) is 17.1. The summed E-state index contributed by atoms with van der Waals surface area (Å²) >= 11 is 0. The molecule has 0 saturated carbocycles. The molecule has 1 aromatic carbocycles. The highest BCUT2D eigenvalue weighted by Gasteiger charge is 2.24. The Hall–Kier alpha value is -1.93. The first-order chi connectivity index (χ1) is 12.3. The van der Waals surface area contributed by atoms with Gasteiger partial charge in [0.1, 0.15) is 0 Å². The predicted molar refractivity (Wildman–Crippen MR) is 104 cm³/mol. The number of carbonyl (C=O) groups is 2. The van der Waals surface area contributed by atoms with E-state index in [-0.39, 0.29) is 30.3 Å². The van der Waals surface area contributed by atoms with E-state index < -0.39 is 21.9 Å². The number of hydrogen-bond donors (Lipinski definition) is 2. The fraction of sp³-hybridized carbons (Fsp3) is 0.579. The molecule has 1 amide bonds. The summed E-state index contributed by atoms with van der Waals surface area (Å²) in [6, 6.07) is 0. The van der Waals surface area contributed by atoms with E-state index in [0.29, 0.717) is 11.1 Å². The molecule has 7 nitrogen and oxygen atoms in total. The topological polar surface area (TPSA) is 104 Å². The van der Waals surface area contributed by atoms with E-state index in [1.807, 2.05) is 20.8 Å². The quantitative estimate of drug-likeness (QED) is 0.698. The van der Waals surface area contributed by atoms with Crippen LogP contribution in [0.25, 0.3) is 0 Å². The maximum Gasteiger partial charge on any atom is 0.308 e. The van der Waals surface area contributed by atoms with E-state index in [4.69, 9.17) is 5.11 Å². The second-order valence-electron chi connectivity index (χ2n) is 7.12. The summed E-state index contributed by atoms with van der Waals surface area (Å²) in [4.78, 5) is 24.6. The minimum atomic E-state index is -3.76. The summed E-state index contributed by atoms with van der Waals surface area (Å²) in [6.45, 7) is 10.9. The number of nitrogens with zero attached hydrogens (tertiary/aromatic N) is 1. The number of nitrogens with one attached hydrogen (secondary N) is 1. The molecule has 152 valence electrons. The van der Waals surface area contributed by atoms with Crippen molar-refractivity contribution in [2.24, 2.45) is 5.92 Å². The van der Waals surface area contributed by atoms with Gasteiger partial charge < -0.3 is 10.0 Å². The lowest BCUT2D eigenvalue weighted by molar-refractivity contribution is -0.142. The molecule has 0 aliphatic rings. The molecule has 2 N–H and O–H groups in total. The summed E-state index contributed by atoms with van der Waals surface area (Å²) < 4.78 is 28.1. The third-order valence-corrected chi connectivity index (χ3v) is 6.96. The summed E-state index contributed by atoms with van der Waals surface area (Å²) in [7, 11) is -2.24. The zero-order valence-corrected chi connectivity index (χ0v) is 18.0. The zero-order chi connectivity index (χ0) is 21.1. The van der Waals surface area contributed by atoms with Crippen molar-refractivity contribution in [2.75, 3.05) is 20.1 Å². The third kappa shape index (κ3) is 5.29. The van der Waals surface area contributed by atoms with E-state index in [9.17, 15) is 18.0 Å². The lowest BCUT2D eigenvalue weighted by Gasteiger charge is -2.21. The fourth-order valence-corrected chi connectivity index (χ4v) is 4.64. The smallest absolute Gasteiger partial charge is 0.308 e. The van der Waals surface area contributed by atoms with Crippen molar-refractivity contribution < 1.29 is 23.1 Å². The van der Waals surface area contributed by atoms with Crippen molar-refractivity contribution >= 4 is 21.9 Å². The maximum atomic E-state index is 12.8. The lowest BCUT2D eigenvalue weighted by Crippen LogP contribution is -2.36. The van der Waals surface area contributed by atoms with E-state index in [1.54, 1.807) is 13.8 Å². The maximum absolute atomic E-state index is 12.8. The second-order valence-corrected chi connectivity index (χ2v) is 8.82. The summed E-state index contributed by atoms with van der Waals surface area (Å²) in [5, 5.41) is 8.91. The van der Waals surface area contributed by atoms with Gasteiger partial charge in [0.2, 0.25) is 15.9 Å². The molecule has 0 aliphatic carbocycles. The van der Waals surface area contributed by atoms with Crippen LogP contribution in [0.4, 0.5) is 0 Å². The van der Waals surface area contributed by atoms with Crippen LogP contribution in [-0.4, -0.2) is 50.4 Å². The minimum absolute atomic E-state index is 0.0377. The SMILES string of the molecule is Cc1c(C)c(C)c(S(=O)(=O)NCCC(=O)N(C)CC(C)C(=O)O)c(C)c1C. The average molecular weight is 399 g/mol. The highest BCUT2D eigenvalue weighted by molar-refractivity contribution is 7.89. The monoisotopic (exact) mass is 398 g/mol. The van der Waals surface area contributed by atoms with Crippen molar-refractivity contribution in [1.29, 1.82) is 0 Å². The molecular formula is C19H30N2O5S.